The number of methoxy groups -OCH3 is 1. The van der Waals surface area contributed by atoms with Gasteiger partial charge in [-0.1, -0.05) is 12.1 Å². The van der Waals surface area contributed by atoms with Gasteiger partial charge in [-0.15, -0.1) is 0 Å². The molecule has 0 bridgehead atoms. The second kappa shape index (κ2) is 5.45. The second-order valence-electron chi connectivity index (χ2n) is 3.90. The lowest BCUT2D eigenvalue weighted by atomic mass is 10.0. The fourth-order valence-electron chi connectivity index (χ4n) is 1.62. The van der Waals surface area contributed by atoms with Crippen molar-refractivity contribution in [1.29, 1.82) is 0 Å². The van der Waals surface area contributed by atoms with Crippen LogP contribution in [0.5, 0.6) is 5.75 Å². The van der Waals surface area contributed by atoms with Crippen molar-refractivity contribution >= 4 is 11.6 Å². The van der Waals surface area contributed by atoms with E-state index in [1.807, 2.05) is 25.1 Å². The maximum Gasteiger partial charge on any atom is 0.144 e. The molecule has 0 aliphatic rings. The van der Waals surface area contributed by atoms with Gasteiger partial charge in [-0.05, 0) is 31.0 Å². The molecule has 0 N–H and O–H groups in total. The van der Waals surface area contributed by atoms with Crippen LogP contribution < -0.4 is 4.74 Å². The molecule has 3 nitrogen and oxygen atoms in total. The summed E-state index contributed by atoms with van der Waals surface area (Å²) in [5.74, 6) is 0.676. The van der Waals surface area contributed by atoms with Crippen molar-refractivity contribution in [2.45, 2.75) is 26.7 Å². The Kier molecular flexibility index (Phi) is 4.23. The third-order valence-corrected chi connectivity index (χ3v) is 2.31. The number of rotatable bonds is 5. The van der Waals surface area contributed by atoms with Crippen LogP contribution in [0.15, 0.2) is 18.2 Å². The number of hydrogen-bond acceptors (Lipinski definition) is 3. The molecule has 16 heavy (non-hydrogen) atoms. The maximum atomic E-state index is 11.4. The van der Waals surface area contributed by atoms with Gasteiger partial charge in [0.15, 0.2) is 0 Å². The minimum Gasteiger partial charge on any atom is -0.496 e. The lowest BCUT2D eigenvalue weighted by molar-refractivity contribution is -0.125. The molecule has 1 aromatic rings. The summed E-state index contributed by atoms with van der Waals surface area (Å²) in [6, 6.07) is 5.60. The maximum absolute atomic E-state index is 11.4. The molecule has 0 aliphatic heterocycles. The van der Waals surface area contributed by atoms with E-state index in [1.54, 1.807) is 7.11 Å². The van der Waals surface area contributed by atoms with Crippen LogP contribution in [0.2, 0.25) is 0 Å². The first-order valence-corrected chi connectivity index (χ1v) is 5.17. The standard InChI is InChI=1S/C13H16O3/c1-9-6-11(4-5-13(9)16-3)8-12(15)7-10(2)14/h4-6H,7-8H2,1-3H3. The van der Waals surface area contributed by atoms with E-state index in [0.29, 0.717) is 6.42 Å². The molecule has 0 saturated carbocycles. The van der Waals surface area contributed by atoms with Crippen LogP contribution in [-0.2, 0) is 16.0 Å². The van der Waals surface area contributed by atoms with Gasteiger partial charge in [-0.2, -0.15) is 0 Å². The van der Waals surface area contributed by atoms with Gasteiger partial charge < -0.3 is 4.74 Å². The molecular formula is C13H16O3. The van der Waals surface area contributed by atoms with Gasteiger partial charge in [0.05, 0.1) is 13.5 Å². The van der Waals surface area contributed by atoms with Crippen molar-refractivity contribution < 1.29 is 14.3 Å². The third kappa shape index (κ3) is 3.50. The van der Waals surface area contributed by atoms with Gasteiger partial charge in [0.1, 0.15) is 17.3 Å². The number of ketones is 2. The molecule has 0 atom stereocenters. The van der Waals surface area contributed by atoms with Crippen LogP contribution in [0.25, 0.3) is 0 Å². The zero-order valence-corrected chi connectivity index (χ0v) is 9.87. The molecule has 0 unspecified atom stereocenters. The molecule has 1 rings (SSSR count). The second-order valence-corrected chi connectivity index (χ2v) is 3.90. The Morgan fingerprint density at radius 1 is 1.31 bits per heavy atom. The number of benzene rings is 1. The van der Waals surface area contributed by atoms with E-state index in [0.717, 1.165) is 16.9 Å². The van der Waals surface area contributed by atoms with Crippen LogP contribution in [0.4, 0.5) is 0 Å². The number of carbonyl (C=O) groups excluding carboxylic acids is 2. The third-order valence-electron chi connectivity index (χ3n) is 2.31. The molecule has 0 aromatic heterocycles. The molecule has 0 amide bonds. The number of ether oxygens (including phenoxy) is 1. The van der Waals surface area contributed by atoms with E-state index >= 15 is 0 Å². The van der Waals surface area contributed by atoms with Crippen LogP contribution in [-0.4, -0.2) is 18.7 Å². The Morgan fingerprint density at radius 2 is 2.00 bits per heavy atom. The zero-order valence-electron chi connectivity index (χ0n) is 9.87. The van der Waals surface area contributed by atoms with Gasteiger partial charge in [0, 0.05) is 6.42 Å². The summed E-state index contributed by atoms with van der Waals surface area (Å²) in [4.78, 5) is 22.2. The summed E-state index contributed by atoms with van der Waals surface area (Å²) >= 11 is 0. The fraction of sp³-hybridized carbons (Fsp3) is 0.385. The van der Waals surface area contributed by atoms with Crippen molar-refractivity contribution in [2.24, 2.45) is 0 Å². The Balaban J connectivity index is 2.71. The molecule has 0 aliphatic carbocycles. The molecule has 86 valence electrons. The summed E-state index contributed by atoms with van der Waals surface area (Å²) < 4.78 is 5.13. The smallest absolute Gasteiger partial charge is 0.144 e. The first kappa shape index (κ1) is 12.4. The molecule has 0 spiro atoms. The van der Waals surface area contributed by atoms with E-state index in [1.165, 1.54) is 6.92 Å². The highest BCUT2D eigenvalue weighted by atomic mass is 16.5. The molecule has 3 heteroatoms. The van der Waals surface area contributed by atoms with Gasteiger partial charge in [-0.25, -0.2) is 0 Å². The summed E-state index contributed by atoms with van der Waals surface area (Å²) in [5.41, 5.74) is 1.92. The van der Waals surface area contributed by atoms with Crippen molar-refractivity contribution in [1.82, 2.24) is 0 Å². The van der Waals surface area contributed by atoms with Gasteiger partial charge in [0.25, 0.3) is 0 Å². The highest BCUT2D eigenvalue weighted by Crippen LogP contribution is 2.18. The van der Waals surface area contributed by atoms with E-state index < -0.39 is 0 Å². The Labute approximate surface area is 95.4 Å². The molecule has 0 fully saturated rings. The Bertz CT molecular complexity index is 408. The minimum absolute atomic E-state index is 0.0189. The highest BCUT2D eigenvalue weighted by molar-refractivity contribution is 5.98. The molecular weight excluding hydrogens is 204 g/mol. The molecule has 0 saturated heterocycles. The van der Waals surface area contributed by atoms with Crippen LogP contribution >= 0.6 is 0 Å². The van der Waals surface area contributed by atoms with Crippen LogP contribution in [0.1, 0.15) is 24.5 Å². The Hall–Kier alpha value is -1.64. The molecule has 0 radical (unpaired) electrons. The van der Waals surface area contributed by atoms with Gasteiger partial charge in [0.2, 0.25) is 0 Å². The average molecular weight is 220 g/mol. The molecule has 1 aromatic carbocycles. The number of hydrogen-bond donors (Lipinski definition) is 0. The predicted molar refractivity (Wildman–Crippen MR) is 61.7 cm³/mol. The van der Waals surface area contributed by atoms with Crippen molar-refractivity contribution in [3.05, 3.63) is 29.3 Å². The highest BCUT2D eigenvalue weighted by Gasteiger charge is 2.07. The SMILES string of the molecule is COc1ccc(CC(=O)CC(C)=O)cc1C. The van der Waals surface area contributed by atoms with E-state index in [9.17, 15) is 9.59 Å². The van der Waals surface area contributed by atoms with Crippen molar-refractivity contribution in [3.8, 4) is 5.75 Å². The topological polar surface area (TPSA) is 43.4 Å². The summed E-state index contributed by atoms with van der Waals surface area (Å²) in [5, 5.41) is 0. The fourth-order valence-corrected chi connectivity index (χ4v) is 1.62. The minimum atomic E-state index is -0.0877. The lowest BCUT2D eigenvalue weighted by Gasteiger charge is -2.06. The van der Waals surface area contributed by atoms with Crippen molar-refractivity contribution in [3.63, 3.8) is 0 Å². The quantitative estimate of drug-likeness (QED) is 0.714. The van der Waals surface area contributed by atoms with Crippen LogP contribution in [0.3, 0.4) is 0 Å². The van der Waals surface area contributed by atoms with E-state index in [-0.39, 0.29) is 18.0 Å². The van der Waals surface area contributed by atoms with Crippen molar-refractivity contribution in [2.75, 3.05) is 7.11 Å². The van der Waals surface area contributed by atoms with Gasteiger partial charge >= 0.3 is 0 Å². The first-order valence-electron chi connectivity index (χ1n) is 5.17. The normalized spacial score (nSPS) is 9.94. The molecule has 0 heterocycles. The Morgan fingerprint density at radius 3 is 2.50 bits per heavy atom. The predicted octanol–water partition coefficient (Wildman–Crippen LogP) is 2.09. The number of carbonyl (C=O) groups is 2. The average Bonchev–Trinajstić information content (AvgIpc) is 2.16. The first-order chi connectivity index (χ1) is 7.52. The van der Waals surface area contributed by atoms with E-state index in [2.05, 4.69) is 0 Å². The van der Waals surface area contributed by atoms with Gasteiger partial charge in [-0.3, -0.25) is 9.59 Å². The summed E-state index contributed by atoms with van der Waals surface area (Å²) in [7, 11) is 1.61. The summed E-state index contributed by atoms with van der Waals surface area (Å²) in [6.07, 6.45) is 0.329. The largest absolute Gasteiger partial charge is 0.496 e. The summed E-state index contributed by atoms with van der Waals surface area (Å²) in [6.45, 7) is 3.36. The monoisotopic (exact) mass is 220 g/mol. The zero-order chi connectivity index (χ0) is 12.1. The van der Waals surface area contributed by atoms with E-state index in [4.69, 9.17) is 4.74 Å². The number of aryl methyl sites for hydroxylation is 1. The van der Waals surface area contributed by atoms with Crippen LogP contribution in [0, 0.1) is 6.92 Å². The lowest BCUT2D eigenvalue weighted by Crippen LogP contribution is -2.07. The number of Topliss-reactive ketones (excluding diaryl/α,β-unsaturated/α-hetero) is 2.